The van der Waals surface area contributed by atoms with E-state index in [4.69, 9.17) is 16.2 Å². The number of aryl methyl sites for hydroxylation is 1. The molecule has 37 heavy (non-hydrogen) atoms. The van der Waals surface area contributed by atoms with Crippen LogP contribution >= 0.6 is 0 Å². The number of carbonyl (C=O) groups excluding carboxylic acids is 1. The Morgan fingerprint density at radius 3 is 2.41 bits per heavy atom. The van der Waals surface area contributed by atoms with E-state index in [-0.39, 0.29) is 17.8 Å². The Kier molecular flexibility index (Phi) is 8.15. The molecular weight excluding hydrogens is 466 g/mol. The fourth-order valence-corrected chi connectivity index (χ4v) is 4.02. The van der Waals surface area contributed by atoms with Gasteiger partial charge in [-0.3, -0.25) is 15.1 Å². The van der Waals surface area contributed by atoms with Crippen molar-refractivity contribution in [3.05, 3.63) is 89.0 Å². The number of nitrogens with two attached hydrogens (primary N) is 2. The van der Waals surface area contributed by atoms with Gasteiger partial charge < -0.3 is 21.5 Å². The van der Waals surface area contributed by atoms with Crippen LogP contribution in [-0.4, -0.2) is 42.0 Å². The van der Waals surface area contributed by atoms with Crippen LogP contribution in [0.15, 0.2) is 71.7 Å². The van der Waals surface area contributed by atoms with Gasteiger partial charge in [-0.05, 0) is 67.3 Å². The summed E-state index contributed by atoms with van der Waals surface area (Å²) in [6.45, 7) is 3.21. The van der Waals surface area contributed by atoms with Crippen LogP contribution in [0.4, 0.5) is 11.8 Å². The molecule has 1 aromatic heterocycles. The van der Waals surface area contributed by atoms with E-state index < -0.39 is 0 Å². The van der Waals surface area contributed by atoms with Gasteiger partial charge in [0.25, 0.3) is 5.91 Å². The van der Waals surface area contributed by atoms with Crippen LogP contribution < -0.4 is 26.8 Å². The second-order valence-electron chi connectivity index (χ2n) is 8.60. The standard InChI is InChI=1S/C28H31N7O2/c1-18-7-12-24-23(17-18)25(31-15-13-19-5-3-4-6-20(19)14-16-32-27(29)30)34-28(33-24)35-26(36)21-8-10-22(37-2)11-9-21/h3-12,17H,13-16H2,1-2H3,(H4,29,30,32)(H2,31,33,34,35,36). The van der Waals surface area contributed by atoms with Crippen molar-refractivity contribution in [1.29, 1.82) is 0 Å². The number of anilines is 2. The van der Waals surface area contributed by atoms with Gasteiger partial charge in [0.1, 0.15) is 11.6 Å². The minimum Gasteiger partial charge on any atom is -0.497 e. The summed E-state index contributed by atoms with van der Waals surface area (Å²) in [4.78, 5) is 26.1. The first-order valence-electron chi connectivity index (χ1n) is 12.0. The first-order valence-corrected chi connectivity index (χ1v) is 12.0. The number of ether oxygens (including phenoxy) is 1. The zero-order chi connectivity index (χ0) is 26.2. The number of aromatic nitrogens is 2. The van der Waals surface area contributed by atoms with Crippen molar-refractivity contribution in [2.24, 2.45) is 16.5 Å². The average molecular weight is 498 g/mol. The van der Waals surface area contributed by atoms with Crippen molar-refractivity contribution in [3.63, 3.8) is 0 Å². The summed E-state index contributed by atoms with van der Waals surface area (Å²) in [5.41, 5.74) is 15.6. The highest BCUT2D eigenvalue weighted by molar-refractivity contribution is 6.04. The van der Waals surface area contributed by atoms with E-state index >= 15 is 0 Å². The molecule has 6 N–H and O–H groups in total. The molecule has 0 aliphatic heterocycles. The number of amides is 1. The zero-order valence-corrected chi connectivity index (χ0v) is 21.0. The van der Waals surface area contributed by atoms with E-state index in [1.165, 1.54) is 11.1 Å². The maximum Gasteiger partial charge on any atom is 0.258 e. The molecule has 0 spiro atoms. The fourth-order valence-electron chi connectivity index (χ4n) is 4.02. The van der Waals surface area contributed by atoms with Crippen LogP contribution in [0, 0.1) is 6.92 Å². The lowest BCUT2D eigenvalue weighted by molar-refractivity contribution is 0.102. The third kappa shape index (κ3) is 6.72. The molecule has 0 unspecified atom stereocenters. The Hall–Kier alpha value is -4.66. The number of nitrogens with zero attached hydrogens (tertiary/aromatic N) is 3. The normalized spacial score (nSPS) is 10.6. The molecule has 9 nitrogen and oxygen atoms in total. The van der Waals surface area contributed by atoms with E-state index in [2.05, 4.69) is 37.7 Å². The van der Waals surface area contributed by atoms with Crippen molar-refractivity contribution >= 4 is 34.5 Å². The molecular formula is C28H31N7O2. The highest BCUT2D eigenvalue weighted by Gasteiger charge is 2.13. The Balaban J connectivity index is 1.51. The molecule has 1 amide bonds. The molecule has 1 heterocycles. The second-order valence-corrected chi connectivity index (χ2v) is 8.60. The molecule has 0 atom stereocenters. The van der Waals surface area contributed by atoms with Crippen LogP contribution in [0.3, 0.4) is 0 Å². The van der Waals surface area contributed by atoms with E-state index in [9.17, 15) is 4.79 Å². The third-order valence-corrected chi connectivity index (χ3v) is 5.91. The Morgan fingerprint density at radius 1 is 0.973 bits per heavy atom. The lowest BCUT2D eigenvalue weighted by atomic mass is 10.0. The van der Waals surface area contributed by atoms with E-state index in [1.807, 2.05) is 37.3 Å². The van der Waals surface area contributed by atoms with Gasteiger partial charge in [-0.2, -0.15) is 4.98 Å². The van der Waals surface area contributed by atoms with Gasteiger partial charge in [0.15, 0.2) is 5.96 Å². The number of nitrogens with one attached hydrogen (secondary N) is 2. The summed E-state index contributed by atoms with van der Waals surface area (Å²) in [7, 11) is 1.58. The summed E-state index contributed by atoms with van der Waals surface area (Å²) >= 11 is 0. The summed E-state index contributed by atoms with van der Waals surface area (Å²) in [6.07, 6.45) is 1.54. The van der Waals surface area contributed by atoms with Gasteiger partial charge in [0.2, 0.25) is 5.95 Å². The fraction of sp³-hybridized carbons (Fsp3) is 0.214. The molecule has 4 rings (SSSR count). The number of carbonyl (C=O) groups is 1. The second kappa shape index (κ2) is 11.9. The number of benzene rings is 3. The summed E-state index contributed by atoms with van der Waals surface area (Å²) in [5, 5.41) is 7.16. The smallest absolute Gasteiger partial charge is 0.258 e. The van der Waals surface area contributed by atoms with Gasteiger partial charge in [-0.25, -0.2) is 4.98 Å². The zero-order valence-electron chi connectivity index (χ0n) is 21.0. The van der Waals surface area contributed by atoms with Gasteiger partial charge in [-0.15, -0.1) is 0 Å². The van der Waals surface area contributed by atoms with Crippen LogP contribution in [0.25, 0.3) is 10.9 Å². The lowest BCUT2D eigenvalue weighted by Gasteiger charge is -2.13. The number of rotatable bonds is 10. The molecule has 0 saturated carbocycles. The number of hydrogen-bond donors (Lipinski definition) is 4. The van der Waals surface area contributed by atoms with Gasteiger partial charge in [0.05, 0.1) is 12.6 Å². The topological polar surface area (TPSA) is 141 Å². The highest BCUT2D eigenvalue weighted by Crippen LogP contribution is 2.24. The molecule has 9 heteroatoms. The molecule has 0 fully saturated rings. The molecule has 0 aliphatic carbocycles. The average Bonchev–Trinajstić information content (AvgIpc) is 2.89. The van der Waals surface area contributed by atoms with Crippen LogP contribution in [-0.2, 0) is 12.8 Å². The van der Waals surface area contributed by atoms with Crippen molar-refractivity contribution in [2.75, 3.05) is 30.8 Å². The lowest BCUT2D eigenvalue weighted by Crippen LogP contribution is -2.23. The SMILES string of the molecule is COc1ccc(C(=O)Nc2nc(NCCc3ccccc3CCN=C(N)N)c3cc(C)ccc3n2)cc1. The van der Waals surface area contributed by atoms with Crippen molar-refractivity contribution in [1.82, 2.24) is 9.97 Å². The number of methoxy groups -OCH3 is 1. The molecule has 0 bridgehead atoms. The molecule has 0 saturated heterocycles. The molecule has 4 aromatic rings. The molecule has 0 aliphatic rings. The minimum absolute atomic E-state index is 0.0972. The maximum absolute atomic E-state index is 12.8. The third-order valence-electron chi connectivity index (χ3n) is 5.91. The Bertz CT molecular complexity index is 1410. The Labute approximate surface area is 216 Å². The number of fused-ring (bicyclic) bond motifs is 1. The van der Waals surface area contributed by atoms with Crippen LogP contribution in [0.5, 0.6) is 5.75 Å². The number of aliphatic imine (C=N–C) groups is 1. The summed E-state index contributed by atoms with van der Waals surface area (Å²) < 4.78 is 5.17. The quantitative estimate of drug-likeness (QED) is 0.193. The number of hydrogen-bond acceptors (Lipinski definition) is 6. The van der Waals surface area contributed by atoms with Gasteiger partial charge >= 0.3 is 0 Å². The van der Waals surface area contributed by atoms with Crippen LogP contribution in [0.2, 0.25) is 0 Å². The van der Waals surface area contributed by atoms with Crippen molar-refractivity contribution in [3.8, 4) is 5.75 Å². The first kappa shape index (κ1) is 25.4. The maximum atomic E-state index is 12.8. The monoisotopic (exact) mass is 497 g/mol. The van der Waals surface area contributed by atoms with Crippen LogP contribution in [0.1, 0.15) is 27.0 Å². The van der Waals surface area contributed by atoms with Crippen molar-refractivity contribution in [2.45, 2.75) is 19.8 Å². The molecule has 190 valence electrons. The van der Waals surface area contributed by atoms with Gasteiger partial charge in [-0.1, -0.05) is 35.9 Å². The van der Waals surface area contributed by atoms with Gasteiger partial charge in [0, 0.05) is 24.0 Å². The van der Waals surface area contributed by atoms with E-state index in [0.717, 1.165) is 29.3 Å². The highest BCUT2D eigenvalue weighted by atomic mass is 16.5. The largest absolute Gasteiger partial charge is 0.497 e. The minimum atomic E-state index is -0.297. The van der Waals surface area contributed by atoms with E-state index in [0.29, 0.717) is 30.2 Å². The predicted octanol–water partition coefficient (Wildman–Crippen LogP) is 3.67. The summed E-state index contributed by atoms with van der Waals surface area (Å²) in [6, 6.07) is 21.1. The predicted molar refractivity (Wildman–Crippen MR) is 148 cm³/mol. The molecule has 0 radical (unpaired) electrons. The summed E-state index contributed by atoms with van der Waals surface area (Å²) in [5.74, 6) is 1.38. The Morgan fingerprint density at radius 2 is 1.70 bits per heavy atom. The first-order chi connectivity index (χ1) is 17.9. The van der Waals surface area contributed by atoms with E-state index in [1.54, 1.807) is 31.4 Å². The molecule has 3 aromatic carbocycles. The van der Waals surface area contributed by atoms with Crippen molar-refractivity contribution < 1.29 is 9.53 Å². The number of guanidine groups is 1.